The molecule has 0 saturated heterocycles. The molecule has 0 atom stereocenters. The van der Waals surface area contributed by atoms with Crippen LogP contribution in [0.4, 0.5) is 5.69 Å². The Morgan fingerprint density at radius 2 is 2.04 bits per heavy atom. The van der Waals surface area contributed by atoms with E-state index in [4.69, 9.17) is 17.3 Å². The second-order valence-corrected chi connectivity index (χ2v) is 7.35. The third kappa shape index (κ3) is 3.09. The highest BCUT2D eigenvalue weighted by atomic mass is 35.5. The monoisotopic (exact) mass is 382 g/mol. The maximum Gasteiger partial charge on any atom is 0.272 e. The van der Waals surface area contributed by atoms with Crippen molar-refractivity contribution in [3.8, 4) is 11.3 Å². The van der Waals surface area contributed by atoms with Gasteiger partial charge in [-0.25, -0.2) is 9.97 Å². The van der Waals surface area contributed by atoms with Gasteiger partial charge in [0.25, 0.3) is 5.56 Å². The van der Waals surface area contributed by atoms with Gasteiger partial charge in [0.05, 0.1) is 23.3 Å². The molecule has 0 amide bonds. The Bertz CT molecular complexity index is 1180. The van der Waals surface area contributed by atoms with Gasteiger partial charge in [0.1, 0.15) is 10.7 Å². The summed E-state index contributed by atoms with van der Waals surface area (Å²) in [5.74, 6) is 0. The number of thiazole rings is 1. The van der Waals surface area contributed by atoms with Crippen LogP contribution in [0, 0.1) is 6.92 Å². The summed E-state index contributed by atoms with van der Waals surface area (Å²) in [6.45, 7) is 2.08. The van der Waals surface area contributed by atoms with Crippen LogP contribution < -0.4 is 11.3 Å². The number of aromatic nitrogens is 3. The number of anilines is 1. The fourth-order valence-electron chi connectivity index (χ4n) is 2.85. The smallest absolute Gasteiger partial charge is 0.272 e. The molecular weight excluding hydrogens is 368 g/mol. The van der Waals surface area contributed by atoms with Crippen molar-refractivity contribution in [1.82, 2.24) is 14.5 Å². The van der Waals surface area contributed by atoms with Crippen LogP contribution in [0.25, 0.3) is 22.3 Å². The van der Waals surface area contributed by atoms with Crippen LogP contribution in [-0.4, -0.2) is 14.5 Å². The zero-order valence-electron chi connectivity index (χ0n) is 13.9. The molecule has 2 aromatic carbocycles. The number of aryl methyl sites for hydroxylation is 1. The van der Waals surface area contributed by atoms with Gasteiger partial charge in [0.15, 0.2) is 0 Å². The fraction of sp³-hybridized carbons (Fsp3) is 0.105. The first-order valence-electron chi connectivity index (χ1n) is 7.98. The topological polar surface area (TPSA) is 73.8 Å². The molecule has 0 aliphatic carbocycles. The van der Waals surface area contributed by atoms with Crippen LogP contribution in [0.15, 0.2) is 52.6 Å². The van der Waals surface area contributed by atoms with E-state index in [1.165, 1.54) is 11.3 Å². The van der Waals surface area contributed by atoms with Crippen LogP contribution >= 0.6 is 22.9 Å². The lowest BCUT2D eigenvalue weighted by molar-refractivity contribution is 0.771. The molecule has 4 aromatic rings. The lowest BCUT2D eigenvalue weighted by Gasteiger charge is -2.10. The van der Waals surface area contributed by atoms with Crippen LogP contribution in [0.3, 0.4) is 0 Å². The van der Waals surface area contributed by atoms with E-state index in [-0.39, 0.29) is 5.56 Å². The molecular formula is C19H15ClN4OS. The highest BCUT2D eigenvalue weighted by Crippen LogP contribution is 2.25. The Morgan fingerprint density at radius 1 is 1.19 bits per heavy atom. The Hall–Kier alpha value is -2.70. The van der Waals surface area contributed by atoms with Gasteiger partial charge in [-0.2, -0.15) is 0 Å². The van der Waals surface area contributed by atoms with Gasteiger partial charge in [-0.1, -0.05) is 23.7 Å². The first-order chi connectivity index (χ1) is 12.5. The van der Waals surface area contributed by atoms with Crippen molar-refractivity contribution in [3.63, 3.8) is 0 Å². The van der Waals surface area contributed by atoms with Gasteiger partial charge in [0.2, 0.25) is 0 Å². The van der Waals surface area contributed by atoms with Gasteiger partial charge in [-0.05, 0) is 37.3 Å². The normalized spacial score (nSPS) is 11.2. The second kappa shape index (κ2) is 6.55. The minimum absolute atomic E-state index is 0.138. The lowest BCUT2D eigenvalue weighted by atomic mass is 10.1. The molecule has 0 bridgehead atoms. The van der Waals surface area contributed by atoms with E-state index in [0.717, 1.165) is 21.8 Å². The van der Waals surface area contributed by atoms with E-state index < -0.39 is 0 Å². The number of rotatable bonds is 3. The van der Waals surface area contributed by atoms with Crippen LogP contribution in [-0.2, 0) is 6.54 Å². The Kier molecular flexibility index (Phi) is 4.22. The third-order valence-corrected chi connectivity index (χ3v) is 5.17. The number of nitrogen functional groups attached to an aromatic ring is 1. The van der Waals surface area contributed by atoms with E-state index in [0.29, 0.717) is 28.5 Å². The van der Waals surface area contributed by atoms with Gasteiger partial charge >= 0.3 is 0 Å². The Labute approximate surface area is 158 Å². The van der Waals surface area contributed by atoms with Crippen LogP contribution in [0.1, 0.15) is 10.7 Å². The Morgan fingerprint density at radius 3 is 2.85 bits per heavy atom. The molecule has 0 radical (unpaired) electrons. The standard InChI is InChI=1S/C19H15ClN4OS/c1-11-19(25)24(17-8-13(20)5-6-15(17)22-11)9-18-23-16(10-26-18)12-3-2-4-14(21)7-12/h2-8,10H,9,21H2,1H3. The molecule has 2 N–H and O–H groups in total. The highest BCUT2D eigenvalue weighted by molar-refractivity contribution is 7.09. The number of nitrogens with zero attached hydrogens (tertiary/aromatic N) is 3. The second-order valence-electron chi connectivity index (χ2n) is 5.97. The number of benzene rings is 2. The van der Waals surface area contributed by atoms with Crippen LogP contribution in [0.2, 0.25) is 5.02 Å². The van der Waals surface area contributed by atoms with Crippen molar-refractivity contribution in [2.75, 3.05) is 5.73 Å². The maximum absolute atomic E-state index is 12.6. The van der Waals surface area contributed by atoms with Gasteiger partial charge in [0, 0.05) is 21.7 Å². The van der Waals surface area contributed by atoms with Gasteiger partial charge in [-0.15, -0.1) is 11.3 Å². The summed E-state index contributed by atoms with van der Waals surface area (Å²) in [5.41, 5.74) is 10.1. The molecule has 7 heteroatoms. The predicted molar refractivity (Wildman–Crippen MR) is 107 cm³/mol. The molecule has 0 aliphatic rings. The molecule has 0 fully saturated rings. The maximum atomic E-state index is 12.6. The quantitative estimate of drug-likeness (QED) is 0.541. The van der Waals surface area contributed by atoms with E-state index in [2.05, 4.69) is 9.97 Å². The molecule has 2 heterocycles. The predicted octanol–water partition coefficient (Wildman–Crippen LogP) is 4.11. The molecule has 2 aromatic heterocycles. The molecule has 0 spiro atoms. The number of nitrogens with two attached hydrogens (primary N) is 1. The zero-order valence-corrected chi connectivity index (χ0v) is 15.5. The van der Waals surface area contributed by atoms with Crippen molar-refractivity contribution >= 4 is 39.7 Å². The number of fused-ring (bicyclic) bond motifs is 1. The van der Waals surface area contributed by atoms with Crippen LogP contribution in [0.5, 0.6) is 0 Å². The molecule has 0 unspecified atom stereocenters. The number of hydrogen-bond donors (Lipinski definition) is 1. The number of hydrogen-bond acceptors (Lipinski definition) is 5. The first kappa shape index (κ1) is 16.8. The van der Waals surface area contributed by atoms with Crippen molar-refractivity contribution in [3.05, 3.63) is 73.9 Å². The zero-order chi connectivity index (χ0) is 18.3. The fourth-order valence-corrected chi connectivity index (χ4v) is 3.80. The average Bonchev–Trinajstić information content (AvgIpc) is 3.08. The molecule has 5 nitrogen and oxygen atoms in total. The van der Waals surface area contributed by atoms with Crippen molar-refractivity contribution in [2.24, 2.45) is 0 Å². The summed E-state index contributed by atoms with van der Waals surface area (Å²) < 4.78 is 1.67. The van der Waals surface area contributed by atoms with E-state index in [9.17, 15) is 4.79 Å². The van der Waals surface area contributed by atoms with Gasteiger partial charge in [-0.3, -0.25) is 9.36 Å². The summed E-state index contributed by atoms with van der Waals surface area (Å²) in [5, 5.41) is 3.37. The average molecular weight is 383 g/mol. The molecule has 130 valence electrons. The lowest BCUT2D eigenvalue weighted by Crippen LogP contribution is -2.24. The minimum atomic E-state index is -0.138. The number of halogens is 1. The summed E-state index contributed by atoms with van der Waals surface area (Å²) >= 11 is 7.62. The Balaban J connectivity index is 1.78. The summed E-state index contributed by atoms with van der Waals surface area (Å²) in [4.78, 5) is 21.7. The largest absolute Gasteiger partial charge is 0.399 e. The molecule has 0 aliphatic heterocycles. The summed E-state index contributed by atoms with van der Waals surface area (Å²) in [6.07, 6.45) is 0. The van der Waals surface area contributed by atoms with Crippen molar-refractivity contribution < 1.29 is 0 Å². The van der Waals surface area contributed by atoms with Gasteiger partial charge < -0.3 is 5.73 Å². The van der Waals surface area contributed by atoms with E-state index in [1.54, 1.807) is 23.6 Å². The van der Waals surface area contributed by atoms with Crippen molar-refractivity contribution in [1.29, 1.82) is 0 Å². The van der Waals surface area contributed by atoms with E-state index >= 15 is 0 Å². The molecule has 0 saturated carbocycles. The SMILES string of the molecule is Cc1nc2ccc(Cl)cc2n(Cc2nc(-c3cccc(N)c3)cs2)c1=O. The van der Waals surface area contributed by atoms with E-state index in [1.807, 2.05) is 35.7 Å². The molecule has 26 heavy (non-hydrogen) atoms. The highest BCUT2D eigenvalue weighted by Gasteiger charge is 2.12. The van der Waals surface area contributed by atoms with Crippen molar-refractivity contribution in [2.45, 2.75) is 13.5 Å². The summed E-state index contributed by atoms with van der Waals surface area (Å²) in [6, 6.07) is 12.9. The third-order valence-electron chi connectivity index (χ3n) is 4.10. The first-order valence-corrected chi connectivity index (χ1v) is 9.24. The minimum Gasteiger partial charge on any atom is -0.399 e. The molecule has 4 rings (SSSR count). The summed E-state index contributed by atoms with van der Waals surface area (Å²) in [7, 11) is 0.